The van der Waals surface area contributed by atoms with Crippen LogP contribution in [0.1, 0.15) is 10.4 Å². The molecular weight excluding hydrogens is 258 g/mol. The third kappa shape index (κ3) is 2.26. The fraction of sp³-hybridized carbons (Fsp3) is 0. The van der Waals surface area contributed by atoms with Gasteiger partial charge in [0.2, 0.25) is 5.95 Å². The number of carbonyl (C=O) groups is 1. The lowest BCUT2D eigenvalue weighted by Gasteiger charge is -2.03. The van der Waals surface area contributed by atoms with Crippen molar-refractivity contribution in [2.75, 3.05) is 5.32 Å². The van der Waals surface area contributed by atoms with Crippen molar-refractivity contribution in [1.29, 1.82) is 0 Å². The van der Waals surface area contributed by atoms with Crippen molar-refractivity contribution in [3.8, 4) is 0 Å². The van der Waals surface area contributed by atoms with Crippen LogP contribution >= 0.6 is 0 Å². The quantitative estimate of drug-likeness (QED) is 0.716. The summed E-state index contributed by atoms with van der Waals surface area (Å²) in [5, 5.41) is 3.12. The standard InChI is InChI=1S/C14H9N3O3/c18-12(17-14-15-6-3-7-16-14)10-8-9-4-1-2-5-11(9)20-13(10)19/h1-8H,(H,15,16,17,18). The van der Waals surface area contributed by atoms with E-state index < -0.39 is 11.5 Å². The Kier molecular flexibility index (Phi) is 2.96. The largest absolute Gasteiger partial charge is 0.422 e. The van der Waals surface area contributed by atoms with E-state index in [1.807, 2.05) is 0 Å². The van der Waals surface area contributed by atoms with Crippen LogP contribution < -0.4 is 10.9 Å². The molecule has 1 N–H and O–H groups in total. The van der Waals surface area contributed by atoms with E-state index in [9.17, 15) is 9.59 Å². The highest BCUT2D eigenvalue weighted by Crippen LogP contribution is 2.13. The van der Waals surface area contributed by atoms with Crippen LogP contribution in [0, 0.1) is 0 Å². The molecule has 0 unspecified atom stereocenters. The minimum absolute atomic E-state index is 0.0869. The van der Waals surface area contributed by atoms with Crippen LogP contribution in [0.4, 0.5) is 5.95 Å². The van der Waals surface area contributed by atoms with Crippen LogP contribution in [0.15, 0.2) is 58.0 Å². The Morgan fingerprint density at radius 3 is 2.65 bits per heavy atom. The zero-order valence-corrected chi connectivity index (χ0v) is 10.2. The maximum atomic E-state index is 12.0. The number of nitrogens with one attached hydrogen (secondary N) is 1. The van der Waals surface area contributed by atoms with Gasteiger partial charge in [-0.1, -0.05) is 18.2 Å². The molecule has 3 rings (SSSR count). The lowest BCUT2D eigenvalue weighted by Crippen LogP contribution is -2.21. The van der Waals surface area contributed by atoms with Gasteiger partial charge in [0.25, 0.3) is 5.91 Å². The van der Waals surface area contributed by atoms with Gasteiger partial charge >= 0.3 is 5.63 Å². The van der Waals surface area contributed by atoms with Crippen LogP contribution in [0.2, 0.25) is 0 Å². The summed E-state index contributed by atoms with van der Waals surface area (Å²) in [7, 11) is 0. The molecule has 0 radical (unpaired) electrons. The van der Waals surface area contributed by atoms with Gasteiger partial charge in [0.05, 0.1) is 0 Å². The normalized spacial score (nSPS) is 10.4. The van der Waals surface area contributed by atoms with Crippen LogP contribution in [0.3, 0.4) is 0 Å². The maximum Gasteiger partial charge on any atom is 0.349 e. The molecule has 2 aromatic heterocycles. The van der Waals surface area contributed by atoms with E-state index in [-0.39, 0.29) is 11.5 Å². The number of aromatic nitrogens is 2. The van der Waals surface area contributed by atoms with E-state index in [4.69, 9.17) is 4.42 Å². The summed E-state index contributed by atoms with van der Waals surface area (Å²) in [6.07, 6.45) is 2.98. The second-order valence-corrected chi connectivity index (χ2v) is 4.01. The molecule has 0 fully saturated rings. The fourth-order valence-corrected chi connectivity index (χ4v) is 1.75. The monoisotopic (exact) mass is 267 g/mol. The van der Waals surface area contributed by atoms with Gasteiger partial charge in [-0.2, -0.15) is 0 Å². The molecule has 6 heteroatoms. The van der Waals surface area contributed by atoms with Crippen molar-refractivity contribution in [2.24, 2.45) is 0 Å². The number of nitrogens with zero attached hydrogens (tertiary/aromatic N) is 2. The Morgan fingerprint density at radius 2 is 1.85 bits per heavy atom. The van der Waals surface area contributed by atoms with Gasteiger partial charge in [-0.15, -0.1) is 0 Å². The number of hydrogen-bond acceptors (Lipinski definition) is 5. The van der Waals surface area contributed by atoms with Gasteiger partial charge in [0, 0.05) is 17.8 Å². The smallest absolute Gasteiger partial charge is 0.349 e. The Labute approximate surface area is 113 Å². The molecular formula is C14H9N3O3. The number of amides is 1. The van der Waals surface area contributed by atoms with Gasteiger partial charge in [-0.25, -0.2) is 14.8 Å². The van der Waals surface area contributed by atoms with Crippen molar-refractivity contribution in [1.82, 2.24) is 9.97 Å². The first-order chi connectivity index (χ1) is 9.74. The summed E-state index contributed by atoms with van der Waals surface area (Å²) in [5.41, 5.74) is -0.349. The molecule has 20 heavy (non-hydrogen) atoms. The number of rotatable bonds is 2. The van der Waals surface area contributed by atoms with Gasteiger partial charge in [-0.05, 0) is 18.2 Å². The predicted molar refractivity (Wildman–Crippen MR) is 72.5 cm³/mol. The van der Waals surface area contributed by atoms with E-state index in [2.05, 4.69) is 15.3 Å². The van der Waals surface area contributed by atoms with E-state index in [0.29, 0.717) is 11.0 Å². The topological polar surface area (TPSA) is 85.1 Å². The van der Waals surface area contributed by atoms with Gasteiger partial charge < -0.3 is 4.42 Å². The number of fused-ring (bicyclic) bond motifs is 1. The van der Waals surface area contributed by atoms with Crippen molar-refractivity contribution < 1.29 is 9.21 Å². The van der Waals surface area contributed by atoms with E-state index in [1.165, 1.54) is 18.5 Å². The average molecular weight is 267 g/mol. The minimum atomic E-state index is -0.697. The van der Waals surface area contributed by atoms with Gasteiger partial charge in [-0.3, -0.25) is 10.1 Å². The lowest BCUT2D eigenvalue weighted by molar-refractivity contribution is 0.102. The van der Waals surface area contributed by atoms with Gasteiger partial charge in [0.1, 0.15) is 11.1 Å². The second kappa shape index (κ2) is 4.93. The number of benzene rings is 1. The Morgan fingerprint density at radius 1 is 1.10 bits per heavy atom. The fourth-order valence-electron chi connectivity index (χ4n) is 1.75. The summed E-state index contributed by atoms with van der Waals surface area (Å²) in [6.45, 7) is 0. The number of hydrogen-bond donors (Lipinski definition) is 1. The number of anilines is 1. The number of carbonyl (C=O) groups excluding carboxylic acids is 1. The maximum absolute atomic E-state index is 12.0. The first-order valence-corrected chi connectivity index (χ1v) is 5.85. The molecule has 0 aliphatic carbocycles. The Hall–Kier alpha value is -3.02. The molecule has 98 valence electrons. The van der Waals surface area contributed by atoms with Crippen LogP contribution in [-0.4, -0.2) is 15.9 Å². The van der Waals surface area contributed by atoms with Crippen molar-refractivity contribution in [3.63, 3.8) is 0 Å². The summed E-state index contributed by atoms with van der Waals surface area (Å²) in [4.78, 5) is 31.5. The first kappa shape index (κ1) is 12.0. The molecule has 1 aromatic carbocycles. The molecule has 0 aliphatic heterocycles. The predicted octanol–water partition coefficient (Wildman–Crippen LogP) is 1.84. The van der Waals surface area contributed by atoms with Crippen LogP contribution in [0.5, 0.6) is 0 Å². The summed E-state index contributed by atoms with van der Waals surface area (Å²) < 4.78 is 5.09. The van der Waals surface area contributed by atoms with Crippen LogP contribution in [0.25, 0.3) is 11.0 Å². The molecule has 0 saturated carbocycles. The summed E-state index contributed by atoms with van der Waals surface area (Å²) >= 11 is 0. The molecule has 3 aromatic rings. The molecule has 0 aliphatic rings. The van der Waals surface area contributed by atoms with Crippen LogP contribution in [-0.2, 0) is 0 Å². The SMILES string of the molecule is O=C(Nc1ncccn1)c1cc2ccccc2oc1=O. The van der Waals surface area contributed by atoms with E-state index in [1.54, 1.807) is 30.3 Å². The molecule has 1 amide bonds. The third-order valence-corrected chi connectivity index (χ3v) is 2.68. The molecule has 0 saturated heterocycles. The molecule has 0 atom stereocenters. The Balaban J connectivity index is 1.99. The molecule has 0 spiro atoms. The van der Waals surface area contributed by atoms with Crippen molar-refractivity contribution in [2.45, 2.75) is 0 Å². The zero-order valence-electron chi connectivity index (χ0n) is 10.2. The lowest BCUT2D eigenvalue weighted by atomic mass is 10.2. The highest BCUT2D eigenvalue weighted by atomic mass is 16.4. The van der Waals surface area contributed by atoms with Crippen molar-refractivity contribution >= 4 is 22.8 Å². The number of para-hydroxylation sites is 1. The zero-order chi connectivity index (χ0) is 13.9. The van der Waals surface area contributed by atoms with Crippen molar-refractivity contribution in [3.05, 3.63) is 64.8 Å². The summed E-state index contributed by atoms with van der Waals surface area (Å²) in [6, 6.07) is 10.1. The molecule has 0 bridgehead atoms. The van der Waals surface area contributed by atoms with Gasteiger partial charge in [0.15, 0.2) is 0 Å². The Bertz CT molecular complexity index is 828. The molecule has 2 heterocycles. The van der Waals surface area contributed by atoms with E-state index in [0.717, 1.165) is 0 Å². The molecule has 6 nitrogen and oxygen atoms in total. The second-order valence-electron chi connectivity index (χ2n) is 4.01. The minimum Gasteiger partial charge on any atom is -0.422 e. The summed E-state index contributed by atoms with van der Waals surface area (Å²) in [5.74, 6) is -0.472. The third-order valence-electron chi connectivity index (χ3n) is 2.68. The average Bonchev–Trinajstić information content (AvgIpc) is 2.47. The first-order valence-electron chi connectivity index (χ1n) is 5.85. The van der Waals surface area contributed by atoms with E-state index >= 15 is 0 Å². The highest BCUT2D eigenvalue weighted by Gasteiger charge is 2.14. The highest BCUT2D eigenvalue weighted by molar-refractivity contribution is 6.04.